The van der Waals surface area contributed by atoms with E-state index in [0.717, 1.165) is 16.7 Å². The molecule has 0 bridgehead atoms. The summed E-state index contributed by atoms with van der Waals surface area (Å²) < 4.78 is 14.6. The normalized spacial score (nSPS) is 12.1. The quantitative estimate of drug-likeness (QED) is 0.434. The fourth-order valence-electron chi connectivity index (χ4n) is 3.54. The van der Waals surface area contributed by atoms with Gasteiger partial charge in [0.1, 0.15) is 11.3 Å². The van der Waals surface area contributed by atoms with Crippen LogP contribution in [0.4, 0.5) is 4.39 Å². The maximum Gasteiger partial charge on any atom is 0.275 e. The van der Waals surface area contributed by atoms with Crippen LogP contribution in [0.25, 0.3) is 16.9 Å². The number of nitrogens with zero attached hydrogens (tertiary/aromatic N) is 2. The van der Waals surface area contributed by atoms with Crippen molar-refractivity contribution in [3.8, 4) is 11.4 Å². The Bertz CT molecular complexity index is 1340. The van der Waals surface area contributed by atoms with Crippen molar-refractivity contribution in [2.45, 2.75) is 26.3 Å². The van der Waals surface area contributed by atoms with Crippen molar-refractivity contribution in [1.82, 2.24) is 19.9 Å². The van der Waals surface area contributed by atoms with Crippen LogP contribution in [-0.2, 0) is 0 Å². The molecule has 3 N–H and O–H groups in total. The molecule has 32 heavy (non-hydrogen) atoms. The molecule has 4 aromatic rings. The third-order valence-corrected chi connectivity index (χ3v) is 5.51. The molecule has 1 atom stereocenters. The second-order valence-electron chi connectivity index (χ2n) is 7.75. The van der Waals surface area contributed by atoms with E-state index in [4.69, 9.17) is 0 Å². The largest absolute Gasteiger partial charge is 0.396 e. The van der Waals surface area contributed by atoms with Gasteiger partial charge in [-0.15, -0.1) is 5.10 Å². The summed E-state index contributed by atoms with van der Waals surface area (Å²) in [4.78, 5) is 28.3. The number of amides is 1. The molecule has 0 saturated carbocycles. The monoisotopic (exact) mass is 434 g/mol. The number of fused-ring (bicyclic) bond motifs is 1. The molecule has 2 heterocycles. The molecule has 4 rings (SSSR count). The molecule has 1 unspecified atom stereocenters. The summed E-state index contributed by atoms with van der Waals surface area (Å²) in [5, 5.41) is 16.7. The van der Waals surface area contributed by atoms with Crippen molar-refractivity contribution < 1.29 is 14.3 Å². The van der Waals surface area contributed by atoms with E-state index in [-0.39, 0.29) is 35.5 Å². The second-order valence-corrected chi connectivity index (χ2v) is 7.75. The lowest BCUT2D eigenvalue weighted by atomic mass is 10.0. The van der Waals surface area contributed by atoms with Gasteiger partial charge in [0.05, 0.1) is 11.6 Å². The maximum atomic E-state index is 13.2. The summed E-state index contributed by atoms with van der Waals surface area (Å²) in [5.74, 6) is -0.408. The smallest absolute Gasteiger partial charge is 0.275 e. The molecule has 7 nitrogen and oxygen atoms in total. The Morgan fingerprint density at radius 2 is 1.91 bits per heavy atom. The Balaban J connectivity index is 1.64. The van der Waals surface area contributed by atoms with Crippen LogP contribution in [0.15, 0.2) is 59.5 Å². The Morgan fingerprint density at radius 1 is 1.16 bits per heavy atom. The molecular formula is C24H23FN4O3. The third-order valence-electron chi connectivity index (χ3n) is 5.51. The number of aromatic amines is 1. The molecule has 0 saturated heterocycles. The molecular weight excluding hydrogens is 411 g/mol. The summed E-state index contributed by atoms with van der Waals surface area (Å²) in [7, 11) is 0. The molecule has 1 amide bonds. The zero-order valence-electron chi connectivity index (χ0n) is 17.7. The second kappa shape index (κ2) is 8.76. The van der Waals surface area contributed by atoms with Gasteiger partial charge in [-0.2, -0.15) is 0 Å². The minimum Gasteiger partial charge on any atom is -0.396 e. The van der Waals surface area contributed by atoms with Crippen molar-refractivity contribution in [3.63, 3.8) is 0 Å². The Labute approximate surface area is 183 Å². The lowest BCUT2D eigenvalue weighted by Crippen LogP contribution is -2.29. The summed E-state index contributed by atoms with van der Waals surface area (Å²) in [6, 6.07) is 12.5. The van der Waals surface area contributed by atoms with Gasteiger partial charge in [-0.3, -0.25) is 9.59 Å². The molecule has 2 aromatic heterocycles. The number of halogens is 1. The van der Waals surface area contributed by atoms with Crippen LogP contribution in [0.3, 0.4) is 0 Å². The zero-order valence-corrected chi connectivity index (χ0v) is 17.7. The van der Waals surface area contributed by atoms with E-state index in [1.807, 2.05) is 32.0 Å². The van der Waals surface area contributed by atoms with Gasteiger partial charge in [0.25, 0.3) is 11.5 Å². The first-order valence-corrected chi connectivity index (χ1v) is 10.2. The number of nitrogens with one attached hydrogen (secondary N) is 2. The number of aliphatic hydroxyl groups excluding tert-OH is 1. The van der Waals surface area contributed by atoms with Gasteiger partial charge >= 0.3 is 0 Å². The molecule has 2 aromatic carbocycles. The highest BCUT2D eigenvalue weighted by atomic mass is 19.1. The maximum absolute atomic E-state index is 13.2. The predicted octanol–water partition coefficient (Wildman–Crippen LogP) is 3.30. The van der Waals surface area contributed by atoms with Crippen molar-refractivity contribution in [2.24, 2.45) is 0 Å². The van der Waals surface area contributed by atoms with E-state index >= 15 is 0 Å². The van der Waals surface area contributed by atoms with Crippen molar-refractivity contribution in [1.29, 1.82) is 0 Å². The number of rotatable bonds is 6. The highest BCUT2D eigenvalue weighted by molar-refractivity contribution is 5.95. The average Bonchev–Trinajstić information content (AvgIpc) is 3.21. The Hall–Kier alpha value is -3.78. The number of carbonyl (C=O) groups excluding carboxylic acids is 1. The first-order chi connectivity index (χ1) is 15.4. The average molecular weight is 434 g/mol. The van der Waals surface area contributed by atoms with Gasteiger partial charge in [0.15, 0.2) is 5.82 Å². The van der Waals surface area contributed by atoms with Gasteiger partial charge < -0.3 is 15.4 Å². The lowest BCUT2D eigenvalue weighted by molar-refractivity contribution is 0.0930. The molecule has 0 spiro atoms. The minimum absolute atomic E-state index is 0.152. The number of hydrogen-bond donors (Lipinski definition) is 3. The number of aliphatic hydroxyl groups is 1. The van der Waals surface area contributed by atoms with Gasteiger partial charge in [0.2, 0.25) is 0 Å². The van der Waals surface area contributed by atoms with Crippen LogP contribution in [0.2, 0.25) is 0 Å². The lowest BCUT2D eigenvalue weighted by Gasteiger charge is -2.18. The van der Waals surface area contributed by atoms with Crippen LogP contribution < -0.4 is 10.9 Å². The van der Waals surface area contributed by atoms with Gasteiger partial charge in [-0.05, 0) is 61.2 Å². The van der Waals surface area contributed by atoms with E-state index in [1.54, 1.807) is 12.1 Å². The summed E-state index contributed by atoms with van der Waals surface area (Å²) in [6.07, 6.45) is 1.76. The summed E-state index contributed by atoms with van der Waals surface area (Å²) in [5.41, 5.74) is 3.78. The molecule has 164 valence electrons. The Morgan fingerprint density at radius 3 is 2.59 bits per heavy atom. The standard InChI is InChI=1S/C24H23FN4O3/c1-14-3-4-17(11-15(14)2)22-27-24(32)21-12-18(13-29(21)28-22)23(31)26-20(9-10-30)16-5-7-19(25)8-6-16/h3-8,11-13,20,30H,9-10H2,1-2H3,(H,26,31)(H,27,28,32). The number of benzene rings is 2. The van der Waals surface area contributed by atoms with E-state index in [2.05, 4.69) is 15.4 Å². The highest BCUT2D eigenvalue weighted by Gasteiger charge is 2.18. The zero-order chi connectivity index (χ0) is 22.8. The number of carbonyl (C=O) groups is 1. The number of aryl methyl sites for hydroxylation is 2. The number of aromatic nitrogens is 3. The van der Waals surface area contributed by atoms with Gasteiger partial charge in [0, 0.05) is 18.4 Å². The molecule has 0 aliphatic heterocycles. The van der Waals surface area contributed by atoms with Crippen LogP contribution in [0.1, 0.15) is 39.5 Å². The van der Waals surface area contributed by atoms with Gasteiger partial charge in [-0.1, -0.05) is 24.3 Å². The third kappa shape index (κ3) is 4.31. The first kappa shape index (κ1) is 21.5. The SMILES string of the molecule is Cc1ccc(-c2nn3cc(C(=O)NC(CCO)c4ccc(F)cc4)cc3c(=O)[nH]2)cc1C. The summed E-state index contributed by atoms with van der Waals surface area (Å²) >= 11 is 0. The van der Waals surface area contributed by atoms with Crippen LogP contribution in [0.5, 0.6) is 0 Å². The van der Waals surface area contributed by atoms with Crippen LogP contribution in [-0.4, -0.2) is 32.2 Å². The van der Waals surface area contributed by atoms with Crippen molar-refractivity contribution in [2.75, 3.05) is 6.61 Å². The molecule has 0 fully saturated rings. The van der Waals surface area contributed by atoms with E-state index in [0.29, 0.717) is 11.4 Å². The molecule has 0 aliphatic rings. The fourth-order valence-corrected chi connectivity index (χ4v) is 3.54. The Kier molecular flexibility index (Phi) is 5.87. The van der Waals surface area contributed by atoms with E-state index in [9.17, 15) is 19.1 Å². The topological polar surface area (TPSA) is 99.5 Å². The van der Waals surface area contributed by atoms with Crippen LogP contribution >= 0.6 is 0 Å². The number of H-pyrrole nitrogens is 1. The molecule has 8 heteroatoms. The minimum atomic E-state index is -0.506. The van der Waals surface area contributed by atoms with E-state index in [1.165, 1.54) is 28.9 Å². The highest BCUT2D eigenvalue weighted by Crippen LogP contribution is 2.20. The molecule has 0 radical (unpaired) electrons. The van der Waals surface area contributed by atoms with Gasteiger partial charge in [-0.25, -0.2) is 8.91 Å². The van der Waals surface area contributed by atoms with Crippen molar-refractivity contribution in [3.05, 3.63) is 93.2 Å². The van der Waals surface area contributed by atoms with E-state index < -0.39 is 11.9 Å². The van der Waals surface area contributed by atoms with Crippen molar-refractivity contribution >= 4 is 11.4 Å². The molecule has 0 aliphatic carbocycles. The van der Waals surface area contributed by atoms with Crippen LogP contribution in [0, 0.1) is 19.7 Å². The number of hydrogen-bond acceptors (Lipinski definition) is 4. The predicted molar refractivity (Wildman–Crippen MR) is 119 cm³/mol. The fraction of sp³-hybridized carbons (Fsp3) is 0.208. The summed E-state index contributed by atoms with van der Waals surface area (Å²) in [6.45, 7) is 3.84. The first-order valence-electron chi connectivity index (χ1n) is 10.2.